The van der Waals surface area contributed by atoms with Gasteiger partial charge in [0.2, 0.25) is 5.91 Å². The van der Waals surface area contributed by atoms with Gasteiger partial charge >= 0.3 is 18.2 Å². The minimum atomic E-state index is -5.08. The number of nitrogens with one attached hydrogen (secondary N) is 1. The molecule has 0 radical (unpaired) electrons. The Bertz CT molecular complexity index is 1390. The Morgan fingerprint density at radius 3 is 2.37 bits per heavy atom. The molecule has 41 heavy (non-hydrogen) atoms. The van der Waals surface area contributed by atoms with E-state index in [-0.39, 0.29) is 12.0 Å². The van der Waals surface area contributed by atoms with Crippen molar-refractivity contribution in [3.05, 3.63) is 66.5 Å². The van der Waals surface area contributed by atoms with Crippen LogP contribution >= 0.6 is 0 Å². The van der Waals surface area contributed by atoms with Crippen LogP contribution in [0.3, 0.4) is 0 Å². The molecule has 0 aliphatic carbocycles. The van der Waals surface area contributed by atoms with E-state index in [2.05, 4.69) is 10.3 Å². The Morgan fingerprint density at radius 1 is 1.05 bits per heavy atom. The van der Waals surface area contributed by atoms with Crippen LogP contribution in [0.4, 0.5) is 23.7 Å². The lowest BCUT2D eigenvalue weighted by Gasteiger charge is -2.39. The number of hydrogen-bond donors (Lipinski definition) is 2. The summed E-state index contributed by atoms with van der Waals surface area (Å²) in [6.45, 7) is 7.75. The molecule has 1 saturated heterocycles. The van der Waals surface area contributed by atoms with Crippen molar-refractivity contribution in [2.45, 2.75) is 64.5 Å². The van der Waals surface area contributed by atoms with Gasteiger partial charge in [0.25, 0.3) is 0 Å². The highest BCUT2D eigenvalue weighted by atomic mass is 19.4. The molecule has 9 nitrogen and oxygen atoms in total. The predicted octanol–water partition coefficient (Wildman–Crippen LogP) is 5.96. The third-order valence-corrected chi connectivity index (χ3v) is 6.05. The van der Waals surface area contributed by atoms with Crippen molar-refractivity contribution in [3.8, 4) is 5.75 Å². The number of likely N-dealkylation sites (tertiary alicyclic amines) is 1. The van der Waals surface area contributed by atoms with Crippen LogP contribution in [0.15, 0.2) is 60.9 Å². The summed E-state index contributed by atoms with van der Waals surface area (Å²) in [5.41, 5.74) is 1.03. The SMILES string of the molecule is Cc1ccccc1NC(=O)[C@H]1C[C@H](Oc2ccc3cnccc3c2)CCN1C(=O)OC(C)(C)C.O=C(O)C(F)(F)F. The molecule has 0 spiro atoms. The number of pyridine rings is 1. The fourth-order valence-corrected chi connectivity index (χ4v) is 4.08. The van der Waals surface area contributed by atoms with Crippen molar-refractivity contribution in [1.29, 1.82) is 0 Å². The van der Waals surface area contributed by atoms with Gasteiger partial charge in [-0.05, 0) is 69.0 Å². The summed E-state index contributed by atoms with van der Waals surface area (Å²) in [5, 5.41) is 12.2. The monoisotopic (exact) mass is 575 g/mol. The highest BCUT2D eigenvalue weighted by Crippen LogP contribution is 2.28. The molecule has 4 rings (SSSR count). The molecule has 0 saturated carbocycles. The summed E-state index contributed by atoms with van der Waals surface area (Å²) in [7, 11) is 0. The molecule has 0 unspecified atom stereocenters. The van der Waals surface area contributed by atoms with E-state index in [1.165, 1.54) is 4.90 Å². The van der Waals surface area contributed by atoms with Crippen molar-refractivity contribution in [2.75, 3.05) is 11.9 Å². The minimum absolute atomic E-state index is 0.217. The first-order valence-electron chi connectivity index (χ1n) is 12.8. The van der Waals surface area contributed by atoms with Crippen molar-refractivity contribution in [2.24, 2.45) is 0 Å². The van der Waals surface area contributed by atoms with Gasteiger partial charge in [0.15, 0.2) is 0 Å². The number of ether oxygens (including phenoxy) is 2. The van der Waals surface area contributed by atoms with Gasteiger partial charge in [-0.25, -0.2) is 9.59 Å². The number of aromatic nitrogens is 1. The fourth-order valence-electron chi connectivity index (χ4n) is 4.08. The second-order valence-corrected chi connectivity index (χ2v) is 10.4. The average Bonchev–Trinajstić information content (AvgIpc) is 2.88. The molecule has 0 bridgehead atoms. The van der Waals surface area contributed by atoms with Crippen LogP contribution in [-0.2, 0) is 14.3 Å². The summed E-state index contributed by atoms with van der Waals surface area (Å²) >= 11 is 0. The van der Waals surface area contributed by atoms with E-state index in [0.717, 1.165) is 27.8 Å². The zero-order valence-electron chi connectivity index (χ0n) is 23.1. The van der Waals surface area contributed by atoms with Crippen molar-refractivity contribution in [3.63, 3.8) is 0 Å². The number of amides is 2. The fraction of sp³-hybridized carbons (Fsp3) is 0.379. The number of fused-ring (bicyclic) bond motifs is 1. The molecule has 1 aliphatic rings. The molecule has 2 N–H and O–H groups in total. The van der Waals surface area contributed by atoms with Crippen LogP contribution in [0.2, 0.25) is 0 Å². The van der Waals surface area contributed by atoms with Crippen molar-refractivity contribution < 1.29 is 42.1 Å². The number of benzene rings is 2. The Labute approximate surface area is 235 Å². The highest BCUT2D eigenvalue weighted by molar-refractivity contribution is 5.97. The number of halogens is 3. The maximum atomic E-state index is 13.3. The number of carboxylic acids is 1. The Balaban J connectivity index is 0.000000587. The third kappa shape index (κ3) is 9.09. The van der Waals surface area contributed by atoms with E-state index in [0.29, 0.717) is 19.4 Å². The molecule has 1 aromatic heterocycles. The molecule has 1 aliphatic heterocycles. The van der Waals surface area contributed by atoms with Gasteiger partial charge in [-0.1, -0.05) is 18.2 Å². The molecular weight excluding hydrogens is 543 g/mol. The number of anilines is 1. The Morgan fingerprint density at radius 2 is 1.73 bits per heavy atom. The number of alkyl halides is 3. The summed E-state index contributed by atoms with van der Waals surface area (Å²) < 4.78 is 43.6. The lowest BCUT2D eigenvalue weighted by molar-refractivity contribution is -0.192. The number of piperidine rings is 1. The molecule has 1 fully saturated rings. The molecule has 2 amide bonds. The number of carbonyl (C=O) groups excluding carboxylic acids is 2. The second-order valence-electron chi connectivity index (χ2n) is 10.4. The van der Waals surface area contributed by atoms with Crippen LogP contribution in [0.1, 0.15) is 39.2 Å². The quantitative estimate of drug-likeness (QED) is 0.394. The molecular formula is C29H32F3N3O6. The Kier molecular flexibility index (Phi) is 9.79. The van der Waals surface area contributed by atoms with Crippen LogP contribution in [0.25, 0.3) is 10.8 Å². The topological polar surface area (TPSA) is 118 Å². The lowest BCUT2D eigenvalue weighted by atomic mass is 9.98. The number of carboxylic acid groups (broad SMARTS) is 1. The largest absolute Gasteiger partial charge is 0.490 e. The van der Waals surface area contributed by atoms with Crippen LogP contribution < -0.4 is 10.1 Å². The number of aliphatic carboxylic acids is 1. The number of rotatable bonds is 4. The predicted molar refractivity (Wildman–Crippen MR) is 146 cm³/mol. The first-order valence-corrected chi connectivity index (χ1v) is 12.8. The average molecular weight is 576 g/mol. The van der Waals surface area contributed by atoms with Gasteiger partial charge in [0.05, 0.1) is 0 Å². The minimum Gasteiger partial charge on any atom is -0.490 e. The van der Waals surface area contributed by atoms with Crippen LogP contribution in [-0.4, -0.2) is 63.4 Å². The van der Waals surface area contributed by atoms with E-state index >= 15 is 0 Å². The molecule has 12 heteroatoms. The van der Waals surface area contributed by atoms with E-state index in [1.54, 1.807) is 6.20 Å². The summed E-state index contributed by atoms with van der Waals surface area (Å²) in [5.74, 6) is -2.28. The number of carbonyl (C=O) groups is 3. The number of hydrogen-bond acceptors (Lipinski definition) is 6. The standard InChI is InChI=1S/C27H31N3O4.C2HF3O2/c1-18-7-5-6-8-23(18)29-25(31)24-16-22(12-14-30(24)26(32)34-27(2,3)4)33-21-10-9-20-17-28-13-11-19(20)15-21;3-2(4,5)1(6)7/h5-11,13,15,17,22,24H,12,14,16H2,1-4H3,(H,29,31);(H,6,7)/t22-,24-;/m1./s1. The third-order valence-electron chi connectivity index (χ3n) is 6.05. The zero-order chi connectivity index (χ0) is 30.4. The summed E-state index contributed by atoms with van der Waals surface area (Å²) in [4.78, 5) is 40.8. The maximum absolute atomic E-state index is 13.3. The van der Waals surface area contributed by atoms with E-state index in [1.807, 2.05) is 82.4 Å². The van der Waals surface area contributed by atoms with Crippen LogP contribution in [0.5, 0.6) is 5.75 Å². The van der Waals surface area contributed by atoms with Gasteiger partial charge < -0.3 is 19.9 Å². The summed E-state index contributed by atoms with van der Waals surface area (Å²) in [6.07, 6.45) is -1.27. The molecule has 2 heterocycles. The molecule has 220 valence electrons. The maximum Gasteiger partial charge on any atom is 0.490 e. The van der Waals surface area contributed by atoms with Crippen LogP contribution in [0, 0.1) is 6.92 Å². The zero-order valence-corrected chi connectivity index (χ0v) is 23.1. The van der Waals surface area contributed by atoms with Crippen molar-refractivity contribution >= 4 is 34.4 Å². The second kappa shape index (κ2) is 12.9. The highest BCUT2D eigenvalue weighted by Gasteiger charge is 2.39. The summed E-state index contributed by atoms with van der Waals surface area (Å²) in [6, 6.07) is 14.7. The smallest absolute Gasteiger partial charge is 0.490 e. The Hall–Kier alpha value is -4.35. The van der Waals surface area contributed by atoms with Gasteiger partial charge in [-0.3, -0.25) is 14.7 Å². The lowest BCUT2D eigenvalue weighted by Crippen LogP contribution is -2.55. The number of aryl methyl sites for hydroxylation is 1. The number of para-hydroxylation sites is 1. The molecule has 3 aromatic rings. The van der Waals surface area contributed by atoms with Gasteiger partial charge in [-0.15, -0.1) is 0 Å². The van der Waals surface area contributed by atoms with E-state index in [4.69, 9.17) is 19.4 Å². The van der Waals surface area contributed by atoms with Crippen molar-refractivity contribution in [1.82, 2.24) is 9.88 Å². The van der Waals surface area contributed by atoms with Gasteiger partial charge in [-0.2, -0.15) is 13.2 Å². The van der Waals surface area contributed by atoms with Gasteiger partial charge in [0.1, 0.15) is 23.5 Å². The first-order chi connectivity index (χ1) is 19.1. The van der Waals surface area contributed by atoms with Gasteiger partial charge in [0, 0.05) is 42.9 Å². The number of nitrogens with zero attached hydrogens (tertiary/aromatic N) is 2. The van der Waals surface area contributed by atoms with E-state index < -0.39 is 29.9 Å². The molecule has 2 aromatic carbocycles. The van der Waals surface area contributed by atoms with E-state index in [9.17, 15) is 22.8 Å². The first kappa shape index (κ1) is 31.2. The normalized spacial score (nSPS) is 17.2. The molecule has 2 atom stereocenters.